The van der Waals surface area contributed by atoms with Crippen molar-refractivity contribution in [2.75, 3.05) is 0 Å². The third kappa shape index (κ3) is 2.83. The van der Waals surface area contributed by atoms with Gasteiger partial charge in [-0.25, -0.2) is 0 Å². The summed E-state index contributed by atoms with van der Waals surface area (Å²) in [7, 11) is 0. The molecule has 0 unspecified atom stereocenters. The third-order valence-corrected chi connectivity index (χ3v) is 6.22. The Bertz CT molecular complexity index is 1190. The normalized spacial score (nSPS) is 13.6. The minimum absolute atomic E-state index is 0.0573. The monoisotopic (exact) mass is 376 g/mol. The van der Waals surface area contributed by atoms with Gasteiger partial charge in [-0.3, -0.25) is 0 Å². The zero-order chi connectivity index (χ0) is 20.0. The fourth-order valence-corrected chi connectivity index (χ4v) is 4.67. The van der Waals surface area contributed by atoms with Crippen molar-refractivity contribution in [3.05, 3.63) is 108 Å². The van der Waals surface area contributed by atoms with Crippen molar-refractivity contribution >= 4 is 17.9 Å². The molecule has 0 aromatic heterocycles. The fourth-order valence-electron chi connectivity index (χ4n) is 4.67. The SMILES string of the molecule is CC1(C)c2ccccc2-c2cc(B(F)c3ccccc3-c3ccccc3)ccc21. The van der Waals surface area contributed by atoms with Crippen LogP contribution in [0.15, 0.2) is 97.1 Å². The van der Waals surface area contributed by atoms with Crippen LogP contribution in [0.1, 0.15) is 25.0 Å². The minimum atomic E-state index is -1.17. The molecular weight excluding hydrogens is 354 g/mol. The molecular formula is C27H22BF. The summed E-state index contributed by atoms with van der Waals surface area (Å²) >= 11 is 0. The smallest absolute Gasteiger partial charge is 0.322 e. The molecule has 29 heavy (non-hydrogen) atoms. The fraction of sp³-hybridized carbons (Fsp3) is 0.111. The molecule has 4 aromatic carbocycles. The van der Waals surface area contributed by atoms with Gasteiger partial charge in [-0.1, -0.05) is 111 Å². The van der Waals surface area contributed by atoms with Gasteiger partial charge in [-0.05, 0) is 44.3 Å². The lowest BCUT2D eigenvalue weighted by Crippen LogP contribution is -2.39. The molecule has 0 N–H and O–H groups in total. The Morgan fingerprint density at radius 1 is 0.621 bits per heavy atom. The maximum atomic E-state index is 15.9. The lowest BCUT2D eigenvalue weighted by Gasteiger charge is -2.21. The molecule has 140 valence electrons. The Kier molecular flexibility index (Phi) is 4.17. The highest BCUT2D eigenvalue weighted by Gasteiger charge is 2.36. The first-order valence-electron chi connectivity index (χ1n) is 10.1. The Balaban J connectivity index is 1.62. The van der Waals surface area contributed by atoms with Gasteiger partial charge in [0.2, 0.25) is 0 Å². The van der Waals surface area contributed by atoms with E-state index in [0.29, 0.717) is 10.9 Å². The quantitative estimate of drug-likeness (QED) is 0.400. The summed E-state index contributed by atoms with van der Waals surface area (Å²) in [6, 6.07) is 32.4. The average Bonchev–Trinajstić information content (AvgIpc) is 3.01. The summed E-state index contributed by atoms with van der Waals surface area (Å²) in [5.41, 5.74) is 8.31. The molecule has 0 bridgehead atoms. The summed E-state index contributed by atoms with van der Waals surface area (Å²) < 4.78 is 15.9. The van der Waals surface area contributed by atoms with E-state index in [1.807, 2.05) is 60.7 Å². The Labute approximate surface area is 172 Å². The van der Waals surface area contributed by atoms with Crippen molar-refractivity contribution in [2.45, 2.75) is 19.3 Å². The van der Waals surface area contributed by atoms with E-state index in [1.165, 1.54) is 16.7 Å². The number of hydrogen-bond acceptors (Lipinski definition) is 0. The molecule has 1 aliphatic carbocycles. The van der Waals surface area contributed by atoms with Crippen LogP contribution in [0.4, 0.5) is 4.32 Å². The van der Waals surface area contributed by atoms with E-state index in [1.54, 1.807) is 0 Å². The molecule has 1 aliphatic rings. The molecule has 0 fully saturated rings. The molecule has 0 nitrogen and oxygen atoms in total. The first-order valence-corrected chi connectivity index (χ1v) is 10.1. The zero-order valence-corrected chi connectivity index (χ0v) is 16.7. The van der Waals surface area contributed by atoms with Crippen LogP contribution < -0.4 is 10.9 Å². The standard InChI is InChI=1S/C27H22BF/c1-27(2)24-14-8-6-13-22(24)23-18-20(16-17-25(23)27)28(29)26-15-9-7-12-21(26)19-10-4-3-5-11-19/h3-18H,1-2H3. The summed E-state index contributed by atoms with van der Waals surface area (Å²) in [5.74, 6) is 0. The topological polar surface area (TPSA) is 0 Å². The maximum absolute atomic E-state index is 15.9. The van der Waals surface area contributed by atoms with Gasteiger partial charge in [0.15, 0.2) is 0 Å². The number of halogens is 1. The van der Waals surface area contributed by atoms with Crippen molar-refractivity contribution in [2.24, 2.45) is 0 Å². The lowest BCUT2D eigenvalue weighted by atomic mass is 9.56. The van der Waals surface area contributed by atoms with Crippen LogP contribution in [0, 0.1) is 0 Å². The molecule has 5 rings (SSSR count). The number of fused-ring (bicyclic) bond motifs is 3. The Hall–Kier alpha value is -3.13. The van der Waals surface area contributed by atoms with Crippen LogP contribution in [-0.4, -0.2) is 6.99 Å². The zero-order valence-electron chi connectivity index (χ0n) is 16.7. The highest BCUT2D eigenvalue weighted by molar-refractivity contribution is 6.80. The van der Waals surface area contributed by atoms with Gasteiger partial charge in [0, 0.05) is 5.41 Å². The van der Waals surface area contributed by atoms with Crippen molar-refractivity contribution in [1.82, 2.24) is 0 Å². The molecule has 0 atom stereocenters. The van der Waals surface area contributed by atoms with Crippen LogP contribution in [0.2, 0.25) is 0 Å². The van der Waals surface area contributed by atoms with Gasteiger partial charge in [-0.15, -0.1) is 0 Å². The number of rotatable bonds is 3. The van der Waals surface area contributed by atoms with Crippen LogP contribution in [0.5, 0.6) is 0 Å². The second-order valence-electron chi connectivity index (χ2n) is 8.29. The van der Waals surface area contributed by atoms with E-state index in [4.69, 9.17) is 0 Å². The Morgan fingerprint density at radius 2 is 1.24 bits per heavy atom. The van der Waals surface area contributed by atoms with Gasteiger partial charge < -0.3 is 4.32 Å². The largest absolute Gasteiger partial charge is 0.414 e. The van der Waals surface area contributed by atoms with Crippen molar-refractivity contribution < 1.29 is 4.32 Å². The van der Waals surface area contributed by atoms with Crippen LogP contribution >= 0.6 is 0 Å². The third-order valence-electron chi connectivity index (χ3n) is 6.22. The molecule has 0 saturated carbocycles. The molecule has 0 aliphatic heterocycles. The summed E-state index contributed by atoms with van der Waals surface area (Å²) in [6.45, 7) is 3.32. The van der Waals surface area contributed by atoms with Crippen LogP contribution in [-0.2, 0) is 5.41 Å². The average molecular weight is 376 g/mol. The van der Waals surface area contributed by atoms with E-state index in [-0.39, 0.29) is 5.41 Å². The van der Waals surface area contributed by atoms with Crippen molar-refractivity contribution in [3.8, 4) is 22.3 Å². The molecule has 0 spiro atoms. The molecule has 0 radical (unpaired) electrons. The van der Waals surface area contributed by atoms with E-state index < -0.39 is 6.99 Å². The van der Waals surface area contributed by atoms with Gasteiger partial charge >= 0.3 is 6.99 Å². The highest BCUT2D eigenvalue weighted by Crippen LogP contribution is 2.47. The highest BCUT2D eigenvalue weighted by atomic mass is 19.1. The van der Waals surface area contributed by atoms with Gasteiger partial charge in [0.1, 0.15) is 0 Å². The van der Waals surface area contributed by atoms with Crippen LogP contribution in [0.3, 0.4) is 0 Å². The molecule has 0 heterocycles. The number of hydrogen-bond donors (Lipinski definition) is 0. The second-order valence-corrected chi connectivity index (χ2v) is 8.29. The molecule has 0 saturated heterocycles. The second kappa shape index (κ2) is 6.74. The van der Waals surface area contributed by atoms with Gasteiger partial charge in [0.25, 0.3) is 0 Å². The Morgan fingerprint density at radius 3 is 2.03 bits per heavy atom. The summed E-state index contributed by atoms with van der Waals surface area (Å²) in [4.78, 5) is 0. The van der Waals surface area contributed by atoms with E-state index >= 15 is 4.32 Å². The van der Waals surface area contributed by atoms with Crippen molar-refractivity contribution in [1.29, 1.82) is 0 Å². The first kappa shape index (κ1) is 17.9. The summed E-state index contributed by atoms with van der Waals surface area (Å²) in [6.07, 6.45) is 0. The van der Waals surface area contributed by atoms with E-state index in [9.17, 15) is 0 Å². The van der Waals surface area contributed by atoms with Crippen molar-refractivity contribution in [3.63, 3.8) is 0 Å². The predicted octanol–water partition coefficient (Wildman–Crippen LogP) is 5.74. The summed E-state index contributed by atoms with van der Waals surface area (Å²) in [5, 5.41) is 0. The lowest BCUT2D eigenvalue weighted by molar-refractivity contribution is 0.660. The van der Waals surface area contributed by atoms with Crippen LogP contribution in [0.25, 0.3) is 22.3 Å². The van der Waals surface area contributed by atoms with E-state index in [2.05, 4.69) is 50.2 Å². The molecule has 0 amide bonds. The minimum Gasteiger partial charge on any atom is -0.322 e. The predicted molar refractivity (Wildman–Crippen MR) is 122 cm³/mol. The van der Waals surface area contributed by atoms with Gasteiger partial charge in [0.05, 0.1) is 0 Å². The first-order chi connectivity index (χ1) is 14.1. The van der Waals surface area contributed by atoms with E-state index in [0.717, 1.165) is 16.7 Å². The number of benzene rings is 4. The van der Waals surface area contributed by atoms with Gasteiger partial charge in [-0.2, -0.15) is 0 Å². The maximum Gasteiger partial charge on any atom is 0.414 e. The molecule has 2 heteroatoms. The molecule has 4 aromatic rings.